The first-order valence-corrected chi connectivity index (χ1v) is 10.8. The Balaban J connectivity index is 1.37. The smallest absolute Gasteiger partial charge is 0.303 e. The van der Waals surface area contributed by atoms with Crippen LogP contribution in [0.3, 0.4) is 0 Å². The van der Waals surface area contributed by atoms with Crippen LogP contribution >= 0.6 is 11.6 Å². The number of hydrogen-bond donors (Lipinski definition) is 2. The van der Waals surface area contributed by atoms with Gasteiger partial charge in [-0.15, -0.1) is 0 Å². The molecule has 1 aliphatic carbocycles. The van der Waals surface area contributed by atoms with Crippen LogP contribution in [0.25, 0.3) is 11.1 Å². The second-order valence-corrected chi connectivity index (χ2v) is 8.44. The minimum Gasteiger partial charge on any atom is -0.481 e. The van der Waals surface area contributed by atoms with Gasteiger partial charge in [-0.05, 0) is 85.0 Å². The summed E-state index contributed by atoms with van der Waals surface area (Å²) < 4.78 is 0. The van der Waals surface area contributed by atoms with Crippen LogP contribution in [0.2, 0.25) is 5.02 Å². The number of benzene rings is 2. The molecule has 154 valence electrons. The Bertz CT molecular complexity index is 977. The van der Waals surface area contributed by atoms with E-state index < -0.39 is 5.97 Å². The molecule has 0 spiro atoms. The molecule has 0 unspecified atom stereocenters. The van der Waals surface area contributed by atoms with Crippen LogP contribution in [0, 0.1) is 5.92 Å². The first-order chi connectivity index (χ1) is 14.6. The summed E-state index contributed by atoms with van der Waals surface area (Å²) in [6.45, 7) is 0. The third kappa shape index (κ3) is 5.19. The number of rotatable bonds is 6. The first kappa shape index (κ1) is 20.4. The molecule has 0 amide bonds. The van der Waals surface area contributed by atoms with E-state index in [1.54, 1.807) is 0 Å². The summed E-state index contributed by atoms with van der Waals surface area (Å²) in [5, 5.41) is 13.0. The third-order valence-corrected chi connectivity index (χ3v) is 6.16. The van der Waals surface area contributed by atoms with Gasteiger partial charge in [0.05, 0.1) is 0 Å². The Kier molecular flexibility index (Phi) is 6.34. The molecule has 3 aromatic rings. The molecule has 0 aliphatic heterocycles. The third-order valence-electron chi connectivity index (χ3n) is 5.91. The van der Waals surface area contributed by atoms with E-state index in [0.29, 0.717) is 23.3 Å². The van der Waals surface area contributed by atoms with Crippen molar-refractivity contribution in [2.24, 2.45) is 5.92 Å². The highest BCUT2D eigenvalue weighted by Gasteiger charge is 2.23. The van der Waals surface area contributed by atoms with Gasteiger partial charge in [0.15, 0.2) is 0 Å². The van der Waals surface area contributed by atoms with Gasteiger partial charge in [0.25, 0.3) is 0 Å². The van der Waals surface area contributed by atoms with Crippen molar-refractivity contribution >= 4 is 29.1 Å². The molecule has 2 aromatic carbocycles. The number of halogens is 1. The van der Waals surface area contributed by atoms with Crippen molar-refractivity contribution in [1.82, 2.24) is 4.98 Å². The zero-order valence-electron chi connectivity index (χ0n) is 16.7. The largest absolute Gasteiger partial charge is 0.481 e. The summed E-state index contributed by atoms with van der Waals surface area (Å²) >= 11 is 5.92. The fourth-order valence-corrected chi connectivity index (χ4v) is 4.34. The number of carboxylic acids is 1. The summed E-state index contributed by atoms with van der Waals surface area (Å²) in [7, 11) is 0. The minimum atomic E-state index is -0.675. The number of carbonyl (C=O) groups is 1. The lowest BCUT2D eigenvalue weighted by molar-refractivity contribution is -0.138. The highest BCUT2D eigenvalue weighted by Crippen LogP contribution is 2.37. The lowest BCUT2D eigenvalue weighted by Gasteiger charge is -2.28. The van der Waals surface area contributed by atoms with Gasteiger partial charge in [0.1, 0.15) is 5.82 Å². The van der Waals surface area contributed by atoms with E-state index in [0.717, 1.165) is 48.3 Å². The van der Waals surface area contributed by atoms with E-state index in [9.17, 15) is 4.79 Å². The molecule has 1 aliphatic rings. The summed E-state index contributed by atoms with van der Waals surface area (Å²) in [4.78, 5) is 15.4. The van der Waals surface area contributed by atoms with Gasteiger partial charge in [-0.1, -0.05) is 35.9 Å². The molecule has 30 heavy (non-hydrogen) atoms. The average Bonchev–Trinajstić information content (AvgIpc) is 2.76. The number of pyridine rings is 1. The van der Waals surface area contributed by atoms with Gasteiger partial charge < -0.3 is 10.4 Å². The van der Waals surface area contributed by atoms with Crippen molar-refractivity contribution in [1.29, 1.82) is 0 Å². The average molecular weight is 421 g/mol. The molecule has 4 nitrogen and oxygen atoms in total. The zero-order chi connectivity index (χ0) is 20.9. The fraction of sp³-hybridized carbons (Fsp3) is 0.280. The number of nitrogens with one attached hydrogen (secondary N) is 1. The van der Waals surface area contributed by atoms with Crippen LogP contribution in [0.15, 0.2) is 66.9 Å². The van der Waals surface area contributed by atoms with Gasteiger partial charge in [0, 0.05) is 28.9 Å². The predicted octanol–water partition coefficient (Wildman–Crippen LogP) is 6.89. The number of nitrogens with zero attached hydrogens (tertiary/aromatic N) is 1. The Morgan fingerprint density at radius 1 is 0.933 bits per heavy atom. The van der Waals surface area contributed by atoms with Gasteiger partial charge >= 0.3 is 5.97 Å². The Hall–Kier alpha value is -2.85. The number of carboxylic acid groups (broad SMARTS) is 1. The lowest BCUT2D eigenvalue weighted by atomic mass is 9.77. The van der Waals surface area contributed by atoms with Crippen LogP contribution in [-0.2, 0) is 4.79 Å². The summed E-state index contributed by atoms with van der Waals surface area (Å²) in [6.07, 6.45) is 6.34. The van der Waals surface area contributed by atoms with Crippen LogP contribution in [-0.4, -0.2) is 16.1 Å². The van der Waals surface area contributed by atoms with Crippen molar-refractivity contribution in [3.05, 3.63) is 77.4 Å². The summed E-state index contributed by atoms with van der Waals surface area (Å²) in [5.74, 6) is 0.985. The van der Waals surface area contributed by atoms with Gasteiger partial charge in [-0.3, -0.25) is 4.79 Å². The molecule has 1 saturated carbocycles. The molecule has 0 atom stereocenters. The highest BCUT2D eigenvalue weighted by molar-refractivity contribution is 6.30. The Labute approximate surface area is 181 Å². The molecular weight excluding hydrogens is 396 g/mol. The van der Waals surface area contributed by atoms with E-state index in [-0.39, 0.29) is 0 Å². The molecule has 2 N–H and O–H groups in total. The van der Waals surface area contributed by atoms with Crippen molar-refractivity contribution in [2.45, 2.75) is 38.0 Å². The Morgan fingerprint density at radius 2 is 1.60 bits per heavy atom. The molecule has 1 aromatic heterocycles. The van der Waals surface area contributed by atoms with Crippen molar-refractivity contribution in [2.75, 3.05) is 5.32 Å². The molecule has 0 bridgehead atoms. The zero-order valence-corrected chi connectivity index (χ0v) is 17.5. The molecule has 1 heterocycles. The van der Waals surface area contributed by atoms with Crippen molar-refractivity contribution in [3.8, 4) is 11.1 Å². The van der Waals surface area contributed by atoms with Crippen LogP contribution < -0.4 is 5.32 Å². The second-order valence-electron chi connectivity index (χ2n) is 8.00. The minimum absolute atomic E-state index is 0.307. The molecule has 1 fully saturated rings. The van der Waals surface area contributed by atoms with Crippen LogP contribution in [0.5, 0.6) is 0 Å². The summed E-state index contributed by atoms with van der Waals surface area (Å²) in [6, 6.07) is 20.3. The van der Waals surface area contributed by atoms with Crippen molar-refractivity contribution < 1.29 is 9.90 Å². The normalized spacial score (nSPS) is 18.7. The number of anilines is 2. The SMILES string of the molecule is O=C(O)CC1CCC(c2ccc(-c3ccc(Nc4ccc(Cl)cc4)nc3)cc2)CC1. The Morgan fingerprint density at radius 3 is 2.20 bits per heavy atom. The van der Waals surface area contributed by atoms with E-state index in [1.807, 2.05) is 36.5 Å². The van der Waals surface area contributed by atoms with E-state index in [2.05, 4.69) is 40.6 Å². The number of hydrogen-bond acceptors (Lipinski definition) is 3. The first-order valence-electron chi connectivity index (χ1n) is 10.4. The predicted molar refractivity (Wildman–Crippen MR) is 121 cm³/mol. The van der Waals surface area contributed by atoms with Gasteiger partial charge in [-0.2, -0.15) is 0 Å². The van der Waals surface area contributed by atoms with E-state index in [4.69, 9.17) is 16.7 Å². The summed E-state index contributed by atoms with van der Waals surface area (Å²) in [5.41, 5.74) is 4.51. The maximum Gasteiger partial charge on any atom is 0.303 e. The lowest BCUT2D eigenvalue weighted by Crippen LogP contribution is -2.16. The molecule has 4 rings (SSSR count). The molecular formula is C25H25ClN2O2. The van der Waals surface area contributed by atoms with E-state index in [1.165, 1.54) is 5.56 Å². The maximum atomic E-state index is 10.9. The molecule has 5 heteroatoms. The van der Waals surface area contributed by atoms with Gasteiger partial charge in [-0.25, -0.2) is 4.98 Å². The van der Waals surface area contributed by atoms with Gasteiger partial charge in [0.2, 0.25) is 0 Å². The van der Waals surface area contributed by atoms with Crippen LogP contribution in [0.4, 0.5) is 11.5 Å². The molecule has 0 radical (unpaired) electrons. The fourth-order valence-electron chi connectivity index (χ4n) is 4.21. The number of aliphatic carboxylic acids is 1. The van der Waals surface area contributed by atoms with E-state index >= 15 is 0 Å². The van der Waals surface area contributed by atoms with Crippen molar-refractivity contribution in [3.63, 3.8) is 0 Å². The standard InChI is InChI=1S/C25H25ClN2O2/c26-22-10-12-23(13-11-22)28-24-14-9-21(16-27-24)20-7-5-19(6-8-20)18-3-1-17(2-4-18)15-25(29)30/h5-14,16-18H,1-4,15H2,(H,27,28)(H,29,30). The van der Waals surface area contributed by atoms with Crippen LogP contribution in [0.1, 0.15) is 43.6 Å². The quantitative estimate of drug-likeness (QED) is 0.455. The number of aromatic nitrogens is 1. The maximum absolute atomic E-state index is 10.9. The second kappa shape index (κ2) is 9.31. The molecule has 0 saturated heterocycles. The monoisotopic (exact) mass is 420 g/mol. The topological polar surface area (TPSA) is 62.2 Å². The highest BCUT2D eigenvalue weighted by atomic mass is 35.5.